The maximum absolute atomic E-state index is 14.2. The zero-order valence-corrected chi connectivity index (χ0v) is 22.8. The van der Waals surface area contributed by atoms with Gasteiger partial charge in [0.1, 0.15) is 0 Å². The molecule has 4 aromatic rings. The van der Waals surface area contributed by atoms with E-state index in [1.165, 1.54) is 4.90 Å². The molecule has 1 saturated heterocycles. The van der Waals surface area contributed by atoms with Gasteiger partial charge >= 0.3 is 6.03 Å². The van der Waals surface area contributed by atoms with Crippen LogP contribution in [-0.2, 0) is 10.3 Å². The molecule has 7 heteroatoms. The van der Waals surface area contributed by atoms with Crippen LogP contribution in [0.15, 0.2) is 66.7 Å². The molecular formula is C32H33N3O4. The molecule has 2 atom stereocenters. The Morgan fingerprint density at radius 3 is 2.49 bits per heavy atom. The first kappa shape index (κ1) is 25.0. The number of anilines is 1. The summed E-state index contributed by atoms with van der Waals surface area (Å²) in [6.07, 6.45) is 0.878. The third-order valence-corrected chi connectivity index (χ3v) is 7.96. The fourth-order valence-electron chi connectivity index (χ4n) is 6.03. The largest absolute Gasteiger partial charge is 0.490 e. The number of rotatable bonds is 7. The zero-order valence-electron chi connectivity index (χ0n) is 22.8. The number of aromatic amines is 1. The maximum atomic E-state index is 14.2. The van der Waals surface area contributed by atoms with Crippen LogP contribution in [0.2, 0.25) is 0 Å². The predicted molar refractivity (Wildman–Crippen MR) is 152 cm³/mol. The lowest BCUT2D eigenvalue weighted by Gasteiger charge is -2.40. The SMILES string of the molecule is CCCOc1cccc(C2CN3C(=O)N(c4ccc(C)cc4)C(=O)[C@]3(C)c3[nH]c4ccccc4c32)c1OCC. The molecule has 200 valence electrons. The predicted octanol–water partition coefficient (Wildman–Crippen LogP) is 6.49. The number of aryl methyl sites for hydroxylation is 1. The third-order valence-electron chi connectivity index (χ3n) is 7.96. The number of para-hydroxylation sites is 2. The van der Waals surface area contributed by atoms with E-state index >= 15 is 0 Å². The molecule has 0 bridgehead atoms. The van der Waals surface area contributed by atoms with Crippen LogP contribution in [0.25, 0.3) is 10.9 Å². The molecule has 39 heavy (non-hydrogen) atoms. The Morgan fingerprint density at radius 1 is 0.974 bits per heavy atom. The molecule has 2 aliphatic heterocycles. The fraction of sp³-hybridized carbons (Fsp3) is 0.312. The van der Waals surface area contributed by atoms with E-state index in [0.29, 0.717) is 36.9 Å². The Hall–Kier alpha value is -4.26. The number of hydrogen-bond donors (Lipinski definition) is 1. The average Bonchev–Trinajstić information content (AvgIpc) is 3.42. The molecule has 0 aliphatic carbocycles. The molecule has 0 saturated carbocycles. The van der Waals surface area contributed by atoms with Gasteiger partial charge in [-0.05, 0) is 57.0 Å². The number of hydrogen-bond acceptors (Lipinski definition) is 4. The lowest BCUT2D eigenvalue weighted by Crippen LogP contribution is -2.50. The molecule has 3 amide bonds. The highest BCUT2D eigenvalue weighted by Gasteiger charge is 2.60. The molecule has 1 fully saturated rings. The van der Waals surface area contributed by atoms with Gasteiger partial charge in [0, 0.05) is 28.9 Å². The number of nitrogens with one attached hydrogen (secondary N) is 1. The summed E-state index contributed by atoms with van der Waals surface area (Å²) in [5, 5.41) is 1.04. The molecule has 1 N–H and O–H groups in total. The van der Waals surface area contributed by atoms with Gasteiger partial charge < -0.3 is 19.4 Å². The number of H-pyrrole nitrogens is 1. The van der Waals surface area contributed by atoms with Crippen molar-refractivity contribution in [2.75, 3.05) is 24.7 Å². The number of benzene rings is 3. The van der Waals surface area contributed by atoms with Gasteiger partial charge in [0.25, 0.3) is 5.91 Å². The Labute approximate surface area is 228 Å². The van der Waals surface area contributed by atoms with Crippen molar-refractivity contribution in [3.8, 4) is 11.5 Å². The van der Waals surface area contributed by atoms with Crippen molar-refractivity contribution in [3.63, 3.8) is 0 Å². The Bertz CT molecular complexity index is 1570. The molecule has 7 nitrogen and oxygen atoms in total. The van der Waals surface area contributed by atoms with E-state index in [1.54, 1.807) is 4.90 Å². The van der Waals surface area contributed by atoms with Gasteiger partial charge in [0.15, 0.2) is 17.0 Å². The van der Waals surface area contributed by atoms with Gasteiger partial charge in [-0.3, -0.25) is 4.79 Å². The summed E-state index contributed by atoms with van der Waals surface area (Å²) in [7, 11) is 0. The first-order chi connectivity index (χ1) is 18.9. The lowest BCUT2D eigenvalue weighted by atomic mass is 9.78. The second-order valence-electron chi connectivity index (χ2n) is 10.4. The van der Waals surface area contributed by atoms with Crippen molar-refractivity contribution in [2.45, 2.75) is 45.6 Å². The minimum Gasteiger partial charge on any atom is -0.490 e. The highest BCUT2D eigenvalue weighted by Crippen LogP contribution is 2.52. The van der Waals surface area contributed by atoms with Crippen molar-refractivity contribution < 1.29 is 19.1 Å². The molecule has 0 spiro atoms. The average molecular weight is 524 g/mol. The summed E-state index contributed by atoms with van der Waals surface area (Å²) in [6, 6.07) is 21.2. The van der Waals surface area contributed by atoms with Crippen LogP contribution in [-0.4, -0.2) is 41.6 Å². The Morgan fingerprint density at radius 2 is 1.74 bits per heavy atom. The van der Waals surface area contributed by atoms with Crippen LogP contribution < -0.4 is 14.4 Å². The van der Waals surface area contributed by atoms with Crippen molar-refractivity contribution >= 4 is 28.5 Å². The van der Waals surface area contributed by atoms with E-state index in [9.17, 15) is 9.59 Å². The van der Waals surface area contributed by atoms with Crippen LogP contribution in [0.3, 0.4) is 0 Å². The summed E-state index contributed by atoms with van der Waals surface area (Å²) in [4.78, 5) is 34.8. The van der Waals surface area contributed by atoms with Crippen molar-refractivity contribution in [1.29, 1.82) is 0 Å². The van der Waals surface area contributed by atoms with Crippen LogP contribution in [0, 0.1) is 6.92 Å². The molecule has 3 heterocycles. The number of imide groups is 1. The summed E-state index contributed by atoms with van der Waals surface area (Å²) in [5.74, 6) is 0.890. The number of fused-ring (bicyclic) bond motifs is 5. The molecule has 2 aliphatic rings. The fourth-order valence-corrected chi connectivity index (χ4v) is 6.03. The molecule has 3 aromatic carbocycles. The standard InChI is InChI=1S/C32H33N3O4/c1-5-18-39-26-13-9-11-22(28(26)38-6-2)24-19-34-31(37)35(21-16-14-20(3)15-17-21)30(36)32(34,4)29-27(24)23-10-7-8-12-25(23)33-29/h7-17,24,33H,5-6,18-19H2,1-4H3/t24?,32-/m0/s1. The minimum atomic E-state index is -1.17. The smallest absolute Gasteiger partial charge is 0.332 e. The molecular weight excluding hydrogens is 490 g/mol. The van der Waals surface area contributed by atoms with Crippen molar-refractivity contribution in [3.05, 3.63) is 89.1 Å². The number of amides is 3. The number of carbonyl (C=O) groups is 2. The number of urea groups is 1. The quantitative estimate of drug-likeness (QED) is 0.281. The van der Waals surface area contributed by atoms with E-state index in [2.05, 4.69) is 18.0 Å². The first-order valence-corrected chi connectivity index (χ1v) is 13.6. The summed E-state index contributed by atoms with van der Waals surface area (Å²) in [5.41, 5.74) is 4.10. The highest BCUT2D eigenvalue weighted by molar-refractivity contribution is 6.23. The van der Waals surface area contributed by atoms with E-state index in [-0.39, 0.29) is 17.9 Å². The van der Waals surface area contributed by atoms with Crippen LogP contribution >= 0.6 is 0 Å². The molecule has 1 aromatic heterocycles. The topological polar surface area (TPSA) is 74.9 Å². The maximum Gasteiger partial charge on any atom is 0.332 e. The van der Waals surface area contributed by atoms with Gasteiger partial charge in [-0.25, -0.2) is 9.69 Å². The second-order valence-corrected chi connectivity index (χ2v) is 10.4. The summed E-state index contributed by atoms with van der Waals surface area (Å²) >= 11 is 0. The molecule has 6 rings (SSSR count). The number of aromatic nitrogens is 1. The van der Waals surface area contributed by atoms with Gasteiger partial charge in [0.2, 0.25) is 0 Å². The number of carbonyl (C=O) groups excluding carboxylic acids is 2. The van der Waals surface area contributed by atoms with E-state index in [4.69, 9.17) is 9.47 Å². The van der Waals surface area contributed by atoms with Crippen LogP contribution in [0.4, 0.5) is 10.5 Å². The lowest BCUT2D eigenvalue weighted by molar-refractivity contribution is -0.125. The summed E-state index contributed by atoms with van der Waals surface area (Å²) in [6.45, 7) is 9.25. The third kappa shape index (κ3) is 3.71. The van der Waals surface area contributed by atoms with Gasteiger partial charge in [-0.15, -0.1) is 0 Å². The van der Waals surface area contributed by atoms with Crippen molar-refractivity contribution in [2.24, 2.45) is 0 Å². The Kier molecular flexibility index (Phi) is 6.09. The van der Waals surface area contributed by atoms with Crippen LogP contribution in [0.5, 0.6) is 11.5 Å². The first-order valence-electron chi connectivity index (χ1n) is 13.6. The second kappa shape index (κ2) is 9.49. The van der Waals surface area contributed by atoms with Gasteiger partial charge in [-0.1, -0.05) is 55.0 Å². The van der Waals surface area contributed by atoms with E-state index < -0.39 is 5.54 Å². The molecule has 1 unspecified atom stereocenters. The van der Waals surface area contributed by atoms with Gasteiger partial charge in [0.05, 0.1) is 24.6 Å². The zero-order chi connectivity index (χ0) is 27.3. The number of nitrogens with zero attached hydrogens (tertiary/aromatic N) is 2. The summed E-state index contributed by atoms with van der Waals surface area (Å²) < 4.78 is 12.3. The van der Waals surface area contributed by atoms with Crippen LogP contribution in [0.1, 0.15) is 55.5 Å². The number of ether oxygens (including phenoxy) is 2. The molecule has 0 radical (unpaired) electrons. The van der Waals surface area contributed by atoms with E-state index in [0.717, 1.165) is 39.7 Å². The van der Waals surface area contributed by atoms with Crippen molar-refractivity contribution in [1.82, 2.24) is 9.88 Å². The highest BCUT2D eigenvalue weighted by atomic mass is 16.5. The van der Waals surface area contributed by atoms with E-state index in [1.807, 2.05) is 81.4 Å². The Balaban J connectivity index is 1.56. The normalized spacial score (nSPS) is 20.4. The van der Waals surface area contributed by atoms with Gasteiger partial charge in [-0.2, -0.15) is 0 Å². The minimum absolute atomic E-state index is 0.231. The monoisotopic (exact) mass is 523 g/mol.